The third-order valence-electron chi connectivity index (χ3n) is 3.24. The van der Waals surface area contributed by atoms with Crippen LogP contribution >= 0.6 is 11.3 Å². The Balaban J connectivity index is 2.13. The molecule has 0 spiro atoms. The minimum absolute atomic E-state index is 0.594. The quantitative estimate of drug-likeness (QED) is 0.846. The highest BCUT2D eigenvalue weighted by atomic mass is 32.1. The van der Waals surface area contributed by atoms with Crippen LogP contribution in [0.3, 0.4) is 0 Å². The normalized spacial score (nSPS) is 29.9. The van der Waals surface area contributed by atoms with E-state index in [1.54, 1.807) is 5.51 Å². The topological polar surface area (TPSA) is 75.1 Å². The molecule has 2 N–H and O–H groups in total. The van der Waals surface area contributed by atoms with Crippen molar-refractivity contribution in [3.05, 3.63) is 5.51 Å². The molecule has 6 heteroatoms. The van der Waals surface area contributed by atoms with Crippen LogP contribution in [-0.4, -0.2) is 26.8 Å². The fourth-order valence-corrected chi connectivity index (χ4v) is 2.62. The maximum Gasteiger partial charge on any atom is 0.329 e. The molecule has 0 aliphatic heterocycles. The van der Waals surface area contributed by atoms with E-state index in [1.807, 2.05) is 0 Å². The average molecular weight is 241 g/mol. The molecular formula is C10H15N3O2S. The van der Waals surface area contributed by atoms with E-state index in [0.29, 0.717) is 23.9 Å². The Bertz CT molecular complexity index is 358. The number of carboxylic acid groups (broad SMARTS) is 1. The highest BCUT2D eigenvalue weighted by Crippen LogP contribution is 2.35. The number of aromatic nitrogens is 2. The SMILES string of the molecule is CC1CCC(Nc2nncs2)(C(=O)O)CC1. The molecule has 1 fully saturated rings. The van der Waals surface area contributed by atoms with Gasteiger partial charge in [0.05, 0.1) is 0 Å². The number of nitrogens with one attached hydrogen (secondary N) is 1. The van der Waals surface area contributed by atoms with E-state index in [0.717, 1.165) is 12.8 Å². The Morgan fingerprint density at radius 2 is 2.31 bits per heavy atom. The van der Waals surface area contributed by atoms with Crippen LogP contribution in [0.25, 0.3) is 0 Å². The molecule has 1 aromatic rings. The molecule has 1 saturated carbocycles. The Morgan fingerprint density at radius 3 is 2.81 bits per heavy atom. The third-order valence-corrected chi connectivity index (χ3v) is 3.85. The van der Waals surface area contributed by atoms with Gasteiger partial charge in [-0.3, -0.25) is 0 Å². The fraction of sp³-hybridized carbons (Fsp3) is 0.700. The number of rotatable bonds is 3. The number of carbonyl (C=O) groups is 1. The number of hydrogen-bond acceptors (Lipinski definition) is 5. The molecule has 0 aromatic carbocycles. The van der Waals surface area contributed by atoms with E-state index in [2.05, 4.69) is 22.4 Å². The second-order valence-corrected chi connectivity index (χ2v) is 5.27. The second-order valence-electron chi connectivity index (χ2n) is 4.44. The van der Waals surface area contributed by atoms with Crippen molar-refractivity contribution >= 4 is 22.4 Å². The fourth-order valence-electron chi connectivity index (χ4n) is 2.08. The Hall–Kier alpha value is -1.17. The summed E-state index contributed by atoms with van der Waals surface area (Å²) in [4.78, 5) is 11.4. The summed E-state index contributed by atoms with van der Waals surface area (Å²) in [7, 11) is 0. The Morgan fingerprint density at radius 1 is 1.62 bits per heavy atom. The number of carboxylic acids is 1. The lowest BCUT2D eigenvalue weighted by Crippen LogP contribution is -2.48. The zero-order valence-electron chi connectivity index (χ0n) is 9.14. The first-order valence-electron chi connectivity index (χ1n) is 5.40. The van der Waals surface area contributed by atoms with Crippen LogP contribution in [0.4, 0.5) is 5.13 Å². The van der Waals surface area contributed by atoms with Gasteiger partial charge >= 0.3 is 5.97 Å². The van der Waals surface area contributed by atoms with Crippen molar-refractivity contribution in [2.75, 3.05) is 5.32 Å². The summed E-state index contributed by atoms with van der Waals surface area (Å²) >= 11 is 1.34. The van der Waals surface area contributed by atoms with Crippen LogP contribution in [0.5, 0.6) is 0 Å². The highest BCUT2D eigenvalue weighted by Gasteiger charge is 2.41. The van der Waals surface area contributed by atoms with Crippen LogP contribution in [0.15, 0.2) is 5.51 Å². The zero-order chi connectivity index (χ0) is 11.6. The van der Waals surface area contributed by atoms with Gasteiger partial charge in [-0.15, -0.1) is 10.2 Å². The molecule has 1 aliphatic carbocycles. The van der Waals surface area contributed by atoms with Gasteiger partial charge in [-0.25, -0.2) is 4.79 Å². The molecule has 16 heavy (non-hydrogen) atoms. The molecule has 88 valence electrons. The molecule has 2 rings (SSSR count). The molecule has 1 aliphatic rings. The van der Waals surface area contributed by atoms with Gasteiger partial charge in [0, 0.05) is 0 Å². The molecule has 0 amide bonds. The summed E-state index contributed by atoms with van der Waals surface area (Å²) in [6, 6.07) is 0. The smallest absolute Gasteiger partial charge is 0.329 e. The van der Waals surface area contributed by atoms with Crippen molar-refractivity contribution in [3.8, 4) is 0 Å². The standard InChI is InChI=1S/C10H15N3O2S/c1-7-2-4-10(5-3-7,8(14)15)12-9-13-11-6-16-9/h6-7H,2-5H2,1H3,(H,12,13)(H,14,15). The van der Waals surface area contributed by atoms with E-state index >= 15 is 0 Å². The summed E-state index contributed by atoms with van der Waals surface area (Å²) in [5, 5.41) is 20.6. The third kappa shape index (κ3) is 2.16. The predicted octanol–water partition coefficient (Wildman–Crippen LogP) is 1.98. The molecule has 0 saturated heterocycles. The molecule has 1 heterocycles. The molecule has 0 bridgehead atoms. The lowest BCUT2D eigenvalue weighted by Gasteiger charge is -2.36. The van der Waals surface area contributed by atoms with Gasteiger partial charge in [0.25, 0.3) is 0 Å². The summed E-state index contributed by atoms with van der Waals surface area (Å²) in [6.07, 6.45) is 3.20. The molecule has 0 unspecified atom stereocenters. The van der Waals surface area contributed by atoms with Crippen molar-refractivity contribution in [3.63, 3.8) is 0 Å². The van der Waals surface area contributed by atoms with Crippen LogP contribution in [0.2, 0.25) is 0 Å². The van der Waals surface area contributed by atoms with Gasteiger partial charge < -0.3 is 10.4 Å². The number of nitrogens with zero attached hydrogens (tertiary/aromatic N) is 2. The largest absolute Gasteiger partial charge is 0.480 e. The summed E-state index contributed by atoms with van der Waals surface area (Å²) in [6.45, 7) is 2.16. The van der Waals surface area contributed by atoms with Gasteiger partial charge in [-0.1, -0.05) is 18.3 Å². The van der Waals surface area contributed by atoms with Gasteiger partial charge in [-0.05, 0) is 31.6 Å². The van der Waals surface area contributed by atoms with E-state index in [9.17, 15) is 9.90 Å². The van der Waals surface area contributed by atoms with Crippen molar-refractivity contribution in [2.24, 2.45) is 5.92 Å². The maximum atomic E-state index is 11.4. The maximum absolute atomic E-state index is 11.4. The summed E-state index contributed by atoms with van der Waals surface area (Å²) in [5.41, 5.74) is 0.759. The minimum Gasteiger partial charge on any atom is -0.480 e. The first kappa shape index (κ1) is 11.3. The molecular weight excluding hydrogens is 226 g/mol. The number of hydrogen-bond donors (Lipinski definition) is 2. The van der Waals surface area contributed by atoms with Crippen molar-refractivity contribution in [1.82, 2.24) is 10.2 Å². The van der Waals surface area contributed by atoms with Gasteiger partial charge in [0.1, 0.15) is 11.0 Å². The minimum atomic E-state index is -0.841. The van der Waals surface area contributed by atoms with Crippen molar-refractivity contribution in [1.29, 1.82) is 0 Å². The van der Waals surface area contributed by atoms with E-state index in [-0.39, 0.29) is 0 Å². The predicted molar refractivity (Wildman–Crippen MR) is 61.5 cm³/mol. The van der Waals surface area contributed by atoms with Gasteiger partial charge in [0.15, 0.2) is 0 Å². The van der Waals surface area contributed by atoms with E-state index in [4.69, 9.17) is 0 Å². The summed E-state index contributed by atoms with van der Waals surface area (Å²) in [5.74, 6) is -0.168. The van der Waals surface area contributed by atoms with Gasteiger partial charge in [0.2, 0.25) is 5.13 Å². The monoisotopic (exact) mass is 241 g/mol. The van der Waals surface area contributed by atoms with Crippen molar-refractivity contribution in [2.45, 2.75) is 38.1 Å². The number of anilines is 1. The van der Waals surface area contributed by atoms with Crippen LogP contribution in [-0.2, 0) is 4.79 Å². The van der Waals surface area contributed by atoms with Crippen LogP contribution < -0.4 is 5.32 Å². The molecule has 0 radical (unpaired) electrons. The zero-order valence-corrected chi connectivity index (χ0v) is 9.96. The average Bonchev–Trinajstić information content (AvgIpc) is 2.74. The van der Waals surface area contributed by atoms with E-state index in [1.165, 1.54) is 11.3 Å². The van der Waals surface area contributed by atoms with E-state index < -0.39 is 11.5 Å². The summed E-state index contributed by atoms with van der Waals surface area (Å²) < 4.78 is 0. The highest BCUT2D eigenvalue weighted by molar-refractivity contribution is 7.13. The lowest BCUT2D eigenvalue weighted by atomic mass is 9.77. The molecule has 1 aromatic heterocycles. The van der Waals surface area contributed by atoms with Crippen molar-refractivity contribution < 1.29 is 9.90 Å². The molecule has 5 nitrogen and oxygen atoms in total. The molecule has 0 atom stereocenters. The van der Waals surface area contributed by atoms with Crippen LogP contribution in [0, 0.1) is 5.92 Å². The lowest BCUT2D eigenvalue weighted by molar-refractivity contribution is -0.143. The van der Waals surface area contributed by atoms with Gasteiger partial charge in [-0.2, -0.15) is 0 Å². The Kier molecular flexibility index (Phi) is 3.09. The van der Waals surface area contributed by atoms with Crippen LogP contribution in [0.1, 0.15) is 32.6 Å². The number of aliphatic carboxylic acids is 1. The first-order valence-corrected chi connectivity index (χ1v) is 6.28. The second kappa shape index (κ2) is 4.37. The Labute approximate surface area is 97.9 Å². The first-order chi connectivity index (χ1) is 7.62.